The van der Waals surface area contributed by atoms with E-state index in [0.717, 1.165) is 52.1 Å². The van der Waals surface area contributed by atoms with Crippen molar-refractivity contribution < 1.29 is 9.84 Å². The number of allylic oxidation sites excluding steroid dienone is 1. The summed E-state index contributed by atoms with van der Waals surface area (Å²) in [5, 5.41) is 13.3. The molecule has 0 saturated carbocycles. The van der Waals surface area contributed by atoms with Gasteiger partial charge in [0.05, 0.1) is 24.2 Å². The summed E-state index contributed by atoms with van der Waals surface area (Å²) in [6.07, 6.45) is 4.87. The van der Waals surface area contributed by atoms with Gasteiger partial charge in [0.1, 0.15) is 11.5 Å². The second kappa shape index (κ2) is 13.6. The number of H-pyrrole nitrogens is 1. The Kier molecular flexibility index (Phi) is 9.95. The molecule has 0 radical (unpaired) electrons. The summed E-state index contributed by atoms with van der Waals surface area (Å²) in [5.41, 5.74) is 12.4. The van der Waals surface area contributed by atoms with Gasteiger partial charge in [-0.05, 0) is 68.0 Å². The number of aliphatic hydroxyl groups is 1. The highest BCUT2D eigenvalue weighted by Crippen LogP contribution is 2.37. The van der Waals surface area contributed by atoms with Crippen molar-refractivity contribution in [1.29, 1.82) is 0 Å². The van der Waals surface area contributed by atoms with E-state index in [2.05, 4.69) is 50.8 Å². The van der Waals surface area contributed by atoms with Crippen LogP contribution in [-0.2, 0) is 17.9 Å². The second-order valence-corrected chi connectivity index (χ2v) is 10.7. The summed E-state index contributed by atoms with van der Waals surface area (Å²) in [5.74, 6) is 0.441. The average Bonchev–Trinajstić information content (AvgIpc) is 3.31. The van der Waals surface area contributed by atoms with Crippen LogP contribution in [0, 0.1) is 0 Å². The van der Waals surface area contributed by atoms with Crippen LogP contribution in [0.3, 0.4) is 0 Å². The maximum atomic E-state index is 12.8. The Morgan fingerprint density at radius 1 is 1.15 bits per heavy atom. The summed E-state index contributed by atoms with van der Waals surface area (Å²) >= 11 is 1.28. The molecule has 40 heavy (non-hydrogen) atoms. The number of nitrogens with two attached hydrogens (primary N) is 1. The van der Waals surface area contributed by atoms with Crippen LogP contribution >= 0.6 is 11.9 Å². The van der Waals surface area contributed by atoms with Crippen molar-refractivity contribution in [3.8, 4) is 11.1 Å². The van der Waals surface area contributed by atoms with Gasteiger partial charge in [-0.1, -0.05) is 49.7 Å². The zero-order chi connectivity index (χ0) is 28.6. The molecule has 0 amide bonds. The number of fused-ring (bicyclic) bond motifs is 1. The third kappa shape index (κ3) is 6.71. The van der Waals surface area contributed by atoms with Crippen molar-refractivity contribution >= 4 is 29.2 Å². The predicted octanol–water partition coefficient (Wildman–Crippen LogP) is 6.74. The fourth-order valence-corrected chi connectivity index (χ4v) is 5.51. The normalized spacial score (nSPS) is 15.6. The van der Waals surface area contributed by atoms with Crippen LogP contribution in [0.5, 0.6) is 0 Å². The molecule has 9 heteroatoms. The van der Waals surface area contributed by atoms with E-state index in [0.29, 0.717) is 31.0 Å². The van der Waals surface area contributed by atoms with Gasteiger partial charge in [0.15, 0.2) is 0 Å². The molecule has 5 N–H and O–H groups in total. The number of aromatic amines is 1. The van der Waals surface area contributed by atoms with Gasteiger partial charge in [-0.3, -0.25) is 4.79 Å². The van der Waals surface area contributed by atoms with E-state index >= 15 is 0 Å². The Labute approximate surface area is 240 Å². The van der Waals surface area contributed by atoms with E-state index in [-0.39, 0.29) is 23.3 Å². The molecule has 2 aromatic carbocycles. The summed E-state index contributed by atoms with van der Waals surface area (Å²) in [6, 6.07) is 16.4. The van der Waals surface area contributed by atoms with E-state index < -0.39 is 0 Å². The first kappa shape index (κ1) is 29.3. The lowest BCUT2D eigenvalue weighted by Crippen LogP contribution is -2.37. The highest BCUT2D eigenvalue weighted by molar-refractivity contribution is 7.98. The Morgan fingerprint density at radius 2 is 1.95 bits per heavy atom. The quantitative estimate of drug-likeness (QED) is 0.0837. The fraction of sp³-hybridized carbons (Fsp3) is 0.355. The number of nitrogens with zero attached hydrogens (tertiary/aromatic N) is 2. The molecular formula is C31H39N5O3S. The lowest BCUT2D eigenvalue weighted by molar-refractivity contribution is 0.134. The van der Waals surface area contributed by atoms with Crippen molar-refractivity contribution in [1.82, 2.24) is 4.98 Å². The van der Waals surface area contributed by atoms with Gasteiger partial charge in [0, 0.05) is 41.8 Å². The number of amidine groups is 1. The average molecular weight is 562 g/mol. The molecule has 0 spiro atoms. The molecule has 4 rings (SSSR count). The van der Waals surface area contributed by atoms with Crippen molar-refractivity contribution in [2.45, 2.75) is 71.2 Å². The standard InChI is InChI=1S/C31H39N5O3S/c1-5-7-12-28-34-26-15-16-33-31(38)29(26)36(28)18-22-13-14-24(23(17-22)19-39-6-2)25-10-8-9-11-27(25)40-35-30(32)20(3)21(4)37/h8-11,13-17,28,34,37H,5-7,12,18-19H2,1-4H3,(H2,32,35)(H,33,38)/b21-20-. The highest BCUT2D eigenvalue weighted by atomic mass is 32.2. The van der Waals surface area contributed by atoms with Gasteiger partial charge in [0.25, 0.3) is 5.56 Å². The first-order valence-corrected chi connectivity index (χ1v) is 14.5. The molecular weight excluding hydrogens is 522 g/mol. The van der Waals surface area contributed by atoms with Crippen LogP contribution in [0.2, 0.25) is 0 Å². The van der Waals surface area contributed by atoms with Crippen molar-refractivity contribution in [2.75, 3.05) is 16.8 Å². The Bertz CT molecular complexity index is 1440. The molecule has 1 aliphatic rings. The number of ether oxygens (including phenoxy) is 1. The van der Waals surface area contributed by atoms with Crippen molar-refractivity contribution in [3.05, 3.63) is 87.5 Å². The molecule has 0 aliphatic carbocycles. The first-order valence-electron chi connectivity index (χ1n) is 13.7. The number of unbranched alkanes of at least 4 members (excludes halogenated alkanes) is 1. The van der Waals surface area contributed by atoms with Gasteiger partial charge >= 0.3 is 0 Å². The Hall–Kier alpha value is -3.69. The minimum Gasteiger partial charge on any atom is -0.512 e. The summed E-state index contributed by atoms with van der Waals surface area (Å²) in [7, 11) is 0. The number of hydrogen-bond donors (Lipinski definition) is 4. The zero-order valence-electron chi connectivity index (χ0n) is 23.7. The van der Waals surface area contributed by atoms with Crippen LogP contribution in [0.25, 0.3) is 11.1 Å². The maximum Gasteiger partial charge on any atom is 0.273 e. The molecule has 0 bridgehead atoms. The number of rotatable bonds is 12. The minimum atomic E-state index is -0.0811. The number of aliphatic hydroxyl groups excluding tert-OH is 1. The molecule has 1 aromatic heterocycles. The smallest absolute Gasteiger partial charge is 0.273 e. The molecule has 1 atom stereocenters. The monoisotopic (exact) mass is 561 g/mol. The van der Waals surface area contributed by atoms with Crippen molar-refractivity contribution in [3.63, 3.8) is 0 Å². The molecule has 3 aromatic rings. The van der Waals surface area contributed by atoms with Gasteiger partial charge in [-0.15, -0.1) is 0 Å². The van der Waals surface area contributed by atoms with E-state index in [1.54, 1.807) is 20.0 Å². The van der Waals surface area contributed by atoms with E-state index in [4.69, 9.17) is 10.5 Å². The SMILES string of the molecule is CCCCC1Nc2cc[nH]c(=O)c2N1Cc1ccc(-c2ccccc2S/N=C(N)\C(C)=C(\C)O)c(COCC)c1. The summed E-state index contributed by atoms with van der Waals surface area (Å²) in [4.78, 5) is 18.8. The lowest BCUT2D eigenvalue weighted by Gasteiger charge is -2.27. The number of pyridine rings is 1. The lowest BCUT2D eigenvalue weighted by atomic mass is 9.97. The number of aromatic nitrogens is 1. The number of anilines is 2. The third-order valence-corrected chi connectivity index (χ3v) is 7.92. The van der Waals surface area contributed by atoms with Crippen LogP contribution in [0.15, 0.2) is 80.1 Å². The molecule has 8 nitrogen and oxygen atoms in total. The van der Waals surface area contributed by atoms with Gasteiger partial charge in [-0.25, -0.2) is 0 Å². The maximum absolute atomic E-state index is 12.8. The number of benzene rings is 2. The summed E-state index contributed by atoms with van der Waals surface area (Å²) < 4.78 is 10.3. The largest absolute Gasteiger partial charge is 0.512 e. The molecule has 0 fully saturated rings. The van der Waals surface area contributed by atoms with Crippen LogP contribution in [0.4, 0.5) is 11.4 Å². The Morgan fingerprint density at radius 3 is 2.70 bits per heavy atom. The van der Waals surface area contributed by atoms with E-state index in [9.17, 15) is 9.90 Å². The van der Waals surface area contributed by atoms with Crippen molar-refractivity contribution in [2.24, 2.45) is 10.1 Å². The van der Waals surface area contributed by atoms with Gasteiger partial charge in [0.2, 0.25) is 0 Å². The van der Waals surface area contributed by atoms with E-state index in [1.807, 2.05) is 31.2 Å². The molecule has 0 saturated heterocycles. The number of hydrogen-bond acceptors (Lipinski definition) is 7. The highest BCUT2D eigenvalue weighted by Gasteiger charge is 2.30. The minimum absolute atomic E-state index is 0.0639. The molecule has 2 heterocycles. The predicted molar refractivity (Wildman–Crippen MR) is 166 cm³/mol. The van der Waals surface area contributed by atoms with Crippen LogP contribution in [0.1, 0.15) is 58.1 Å². The van der Waals surface area contributed by atoms with E-state index in [1.165, 1.54) is 11.9 Å². The number of nitrogens with one attached hydrogen (secondary N) is 2. The second-order valence-electron chi connectivity index (χ2n) is 9.90. The topological polar surface area (TPSA) is 116 Å². The first-order chi connectivity index (χ1) is 19.3. The summed E-state index contributed by atoms with van der Waals surface area (Å²) in [6.45, 7) is 9.17. The van der Waals surface area contributed by atoms with Gasteiger partial charge in [-0.2, -0.15) is 4.40 Å². The zero-order valence-corrected chi connectivity index (χ0v) is 24.5. The Balaban J connectivity index is 1.68. The van der Waals surface area contributed by atoms with Crippen LogP contribution in [-0.4, -0.2) is 28.7 Å². The van der Waals surface area contributed by atoms with Gasteiger partial charge < -0.3 is 30.8 Å². The molecule has 1 unspecified atom stereocenters. The molecule has 1 aliphatic heterocycles. The molecule has 212 valence electrons. The fourth-order valence-electron chi connectivity index (χ4n) is 4.76. The third-order valence-electron chi connectivity index (χ3n) is 7.08. The van der Waals surface area contributed by atoms with Crippen LogP contribution < -0.4 is 21.5 Å².